The normalized spacial score (nSPS) is 21.6. The van der Waals surface area contributed by atoms with Crippen molar-refractivity contribution in [3.63, 3.8) is 0 Å². The number of nitrogens with zero attached hydrogens (tertiary/aromatic N) is 2. The summed E-state index contributed by atoms with van der Waals surface area (Å²) in [5, 5.41) is 0.635. The van der Waals surface area contributed by atoms with Gasteiger partial charge in [0.25, 0.3) is 0 Å². The predicted molar refractivity (Wildman–Crippen MR) is 109 cm³/mol. The van der Waals surface area contributed by atoms with Gasteiger partial charge < -0.3 is 4.90 Å². The lowest BCUT2D eigenvalue weighted by molar-refractivity contribution is -0.129. The fraction of sp³-hybridized carbons (Fsp3) is 0.650. The summed E-state index contributed by atoms with van der Waals surface area (Å²) in [5.74, 6) is 0.684. The van der Waals surface area contributed by atoms with E-state index in [0.717, 1.165) is 19.3 Å². The van der Waals surface area contributed by atoms with Crippen molar-refractivity contribution in [1.82, 2.24) is 9.21 Å². The molecule has 0 bridgehead atoms. The predicted octanol–water partition coefficient (Wildman–Crippen LogP) is 2.68. The molecule has 1 saturated heterocycles. The zero-order valence-electron chi connectivity index (χ0n) is 15.7. The Labute approximate surface area is 166 Å². The van der Waals surface area contributed by atoms with Gasteiger partial charge in [0.1, 0.15) is 0 Å². The molecule has 1 aromatic rings. The quantitative estimate of drug-likeness (QED) is 0.752. The van der Waals surface area contributed by atoms with Gasteiger partial charge in [0.15, 0.2) is 0 Å². The van der Waals surface area contributed by atoms with Crippen molar-refractivity contribution in [2.45, 2.75) is 55.1 Å². The maximum Gasteiger partial charge on any atom is 0.243 e. The van der Waals surface area contributed by atoms with E-state index in [-0.39, 0.29) is 5.91 Å². The molecule has 1 aliphatic heterocycles. The van der Waals surface area contributed by atoms with Gasteiger partial charge in [-0.15, -0.1) is 11.8 Å². The van der Waals surface area contributed by atoms with E-state index in [1.165, 1.54) is 41.1 Å². The largest absolute Gasteiger partial charge is 0.339 e. The lowest BCUT2D eigenvalue weighted by Gasteiger charge is -2.34. The molecule has 1 heterocycles. The van der Waals surface area contributed by atoms with Crippen LogP contribution >= 0.6 is 11.8 Å². The zero-order chi connectivity index (χ0) is 18.9. The van der Waals surface area contributed by atoms with E-state index in [1.54, 1.807) is 17.8 Å². The van der Waals surface area contributed by atoms with E-state index in [2.05, 4.69) is 0 Å². The van der Waals surface area contributed by atoms with Gasteiger partial charge in [-0.05, 0) is 55.4 Å². The monoisotopic (exact) mass is 408 g/mol. The second-order valence-electron chi connectivity index (χ2n) is 7.79. The number of aryl methyl sites for hydroxylation is 2. The minimum Gasteiger partial charge on any atom is -0.339 e. The van der Waals surface area contributed by atoms with E-state index in [0.29, 0.717) is 42.1 Å². The lowest BCUT2D eigenvalue weighted by atomic mass is 10.1. The van der Waals surface area contributed by atoms with Crippen LogP contribution in [0.25, 0.3) is 0 Å². The highest BCUT2D eigenvalue weighted by Gasteiger charge is 2.31. The molecule has 0 spiro atoms. The highest BCUT2D eigenvalue weighted by atomic mass is 32.2. The molecule has 0 N–H and O–H groups in total. The third-order valence-corrected chi connectivity index (χ3v) is 9.29. The van der Waals surface area contributed by atoms with Gasteiger partial charge in [0.2, 0.25) is 15.9 Å². The van der Waals surface area contributed by atoms with Crippen molar-refractivity contribution in [2.75, 3.05) is 31.9 Å². The second-order valence-corrected chi connectivity index (χ2v) is 11.0. The molecule has 5 nitrogen and oxygen atoms in total. The van der Waals surface area contributed by atoms with E-state index in [9.17, 15) is 13.2 Å². The standard InChI is InChI=1S/C20H28N2O3S2/c23-20(15-26-18-6-1-2-7-18)21-10-12-22(13-11-21)27(24,25)19-9-8-16-4-3-5-17(16)14-19/h8-9,14,18H,1-7,10-13,15H2. The molecular weight excluding hydrogens is 380 g/mol. The maximum absolute atomic E-state index is 13.0. The average molecular weight is 409 g/mol. The summed E-state index contributed by atoms with van der Waals surface area (Å²) in [6.07, 6.45) is 8.15. The molecule has 0 aromatic heterocycles. The smallest absolute Gasteiger partial charge is 0.243 e. The number of piperazine rings is 1. The first-order valence-electron chi connectivity index (χ1n) is 10.1. The second kappa shape index (κ2) is 8.13. The minimum absolute atomic E-state index is 0.154. The fourth-order valence-electron chi connectivity index (χ4n) is 4.37. The average Bonchev–Trinajstić information content (AvgIpc) is 3.37. The number of carbonyl (C=O) groups is 1. The molecule has 4 rings (SSSR count). The van der Waals surface area contributed by atoms with Crippen molar-refractivity contribution < 1.29 is 13.2 Å². The van der Waals surface area contributed by atoms with Gasteiger partial charge in [-0.25, -0.2) is 8.42 Å². The number of hydrogen-bond acceptors (Lipinski definition) is 4. The molecule has 1 amide bonds. The molecule has 2 fully saturated rings. The first-order chi connectivity index (χ1) is 13.0. The van der Waals surface area contributed by atoms with Crippen LogP contribution in [0.2, 0.25) is 0 Å². The molecule has 2 aliphatic carbocycles. The van der Waals surface area contributed by atoms with Crippen LogP contribution in [-0.4, -0.2) is 60.7 Å². The number of rotatable bonds is 5. The topological polar surface area (TPSA) is 57.7 Å². The summed E-state index contributed by atoms with van der Waals surface area (Å²) in [6.45, 7) is 1.76. The Morgan fingerprint density at radius 2 is 1.70 bits per heavy atom. The molecule has 0 atom stereocenters. The van der Waals surface area contributed by atoms with Gasteiger partial charge in [-0.2, -0.15) is 4.31 Å². The van der Waals surface area contributed by atoms with Gasteiger partial charge in [0.05, 0.1) is 10.6 Å². The van der Waals surface area contributed by atoms with Crippen LogP contribution in [-0.2, 0) is 27.7 Å². The van der Waals surface area contributed by atoms with Gasteiger partial charge in [-0.1, -0.05) is 18.9 Å². The van der Waals surface area contributed by atoms with Crippen LogP contribution in [0, 0.1) is 0 Å². The summed E-state index contributed by atoms with van der Waals surface area (Å²) in [6, 6.07) is 5.57. The third kappa shape index (κ3) is 4.20. The Hall–Kier alpha value is -1.05. The van der Waals surface area contributed by atoms with Gasteiger partial charge in [-0.3, -0.25) is 4.79 Å². The highest BCUT2D eigenvalue weighted by molar-refractivity contribution is 8.00. The summed E-state index contributed by atoms with van der Waals surface area (Å²) in [7, 11) is -3.47. The molecule has 3 aliphatic rings. The maximum atomic E-state index is 13.0. The van der Waals surface area contributed by atoms with Crippen LogP contribution in [0.5, 0.6) is 0 Å². The summed E-state index contributed by atoms with van der Waals surface area (Å²) >= 11 is 1.78. The number of thioether (sulfide) groups is 1. The van der Waals surface area contributed by atoms with E-state index in [4.69, 9.17) is 0 Å². The van der Waals surface area contributed by atoms with Crippen molar-refractivity contribution >= 4 is 27.7 Å². The van der Waals surface area contributed by atoms with Crippen LogP contribution in [0.1, 0.15) is 43.2 Å². The van der Waals surface area contributed by atoms with E-state index < -0.39 is 10.0 Å². The first kappa shape index (κ1) is 19.3. The summed E-state index contributed by atoms with van der Waals surface area (Å²) in [4.78, 5) is 14.7. The summed E-state index contributed by atoms with van der Waals surface area (Å²) < 4.78 is 27.5. The van der Waals surface area contributed by atoms with Crippen LogP contribution in [0.15, 0.2) is 23.1 Å². The lowest BCUT2D eigenvalue weighted by Crippen LogP contribution is -2.51. The minimum atomic E-state index is -3.47. The molecule has 7 heteroatoms. The Bertz CT molecular complexity index is 795. The van der Waals surface area contributed by atoms with Gasteiger partial charge >= 0.3 is 0 Å². The van der Waals surface area contributed by atoms with Crippen molar-refractivity contribution in [3.05, 3.63) is 29.3 Å². The number of fused-ring (bicyclic) bond motifs is 1. The van der Waals surface area contributed by atoms with E-state index >= 15 is 0 Å². The molecular formula is C20H28N2O3S2. The SMILES string of the molecule is O=C(CSC1CCCC1)N1CCN(S(=O)(=O)c2ccc3c(c2)CCC3)CC1. The molecule has 1 aromatic carbocycles. The van der Waals surface area contributed by atoms with Gasteiger partial charge in [0, 0.05) is 31.4 Å². The Balaban J connectivity index is 1.33. The van der Waals surface area contributed by atoms with E-state index in [1.807, 2.05) is 17.0 Å². The molecule has 0 unspecified atom stereocenters. The molecule has 0 radical (unpaired) electrons. The Morgan fingerprint density at radius 3 is 2.44 bits per heavy atom. The Morgan fingerprint density at radius 1 is 1.00 bits per heavy atom. The molecule has 27 heavy (non-hydrogen) atoms. The van der Waals surface area contributed by atoms with Crippen LogP contribution < -0.4 is 0 Å². The number of amides is 1. The van der Waals surface area contributed by atoms with Crippen molar-refractivity contribution in [2.24, 2.45) is 0 Å². The van der Waals surface area contributed by atoms with Crippen molar-refractivity contribution in [3.8, 4) is 0 Å². The number of carbonyl (C=O) groups excluding carboxylic acids is 1. The van der Waals surface area contributed by atoms with Crippen LogP contribution in [0.4, 0.5) is 0 Å². The number of hydrogen-bond donors (Lipinski definition) is 0. The Kier molecular flexibility index (Phi) is 5.81. The number of sulfonamides is 1. The van der Waals surface area contributed by atoms with Crippen LogP contribution in [0.3, 0.4) is 0 Å². The third-order valence-electron chi connectivity index (χ3n) is 6.04. The highest BCUT2D eigenvalue weighted by Crippen LogP contribution is 2.30. The summed E-state index contributed by atoms with van der Waals surface area (Å²) in [5.41, 5.74) is 2.46. The number of benzene rings is 1. The first-order valence-corrected chi connectivity index (χ1v) is 12.5. The molecule has 148 valence electrons. The molecule has 1 saturated carbocycles. The fourth-order valence-corrected chi connectivity index (χ4v) is 7.07. The van der Waals surface area contributed by atoms with Crippen molar-refractivity contribution in [1.29, 1.82) is 0 Å². The zero-order valence-corrected chi connectivity index (χ0v) is 17.4.